The predicted molar refractivity (Wildman–Crippen MR) is 46.8 cm³/mol. The third-order valence-electron chi connectivity index (χ3n) is 1.59. The molecule has 1 N–H and O–H groups in total. The topological polar surface area (TPSA) is 33.4 Å². The van der Waals surface area contributed by atoms with E-state index in [0.717, 1.165) is 12.2 Å². The Hall–Kier alpha value is -0.410. The third-order valence-corrected chi connectivity index (χ3v) is 2.10. The van der Waals surface area contributed by atoms with E-state index in [1.165, 1.54) is 0 Å². The lowest BCUT2D eigenvalue weighted by atomic mass is 10.1. The summed E-state index contributed by atoms with van der Waals surface area (Å²) in [4.78, 5) is 0. The predicted octanol–water partition coefficient (Wildman–Crippen LogP) is 1.36. The summed E-state index contributed by atoms with van der Waals surface area (Å²) in [6.45, 7) is 0.171. The van der Waals surface area contributed by atoms with Crippen molar-refractivity contribution in [2.24, 2.45) is 5.92 Å². The van der Waals surface area contributed by atoms with Crippen LogP contribution >= 0.6 is 12.6 Å². The van der Waals surface area contributed by atoms with E-state index in [0.29, 0.717) is 5.75 Å². The van der Waals surface area contributed by atoms with Gasteiger partial charge in [-0.1, -0.05) is 0 Å². The molecule has 1 heterocycles. The minimum Gasteiger partial charge on any atom is -0.469 e. The van der Waals surface area contributed by atoms with Gasteiger partial charge in [0, 0.05) is 13.0 Å². The highest BCUT2D eigenvalue weighted by Crippen LogP contribution is 2.09. The fourth-order valence-corrected chi connectivity index (χ4v) is 1.14. The van der Waals surface area contributed by atoms with Gasteiger partial charge in [-0.25, -0.2) is 0 Å². The molecular weight excluding hydrogens is 160 g/mol. The Bertz CT molecular complexity index is 180. The molecular formula is C8H12O2S. The Kier molecular flexibility index (Phi) is 3.52. The zero-order chi connectivity index (χ0) is 8.10. The van der Waals surface area contributed by atoms with Gasteiger partial charge in [0.05, 0.1) is 6.26 Å². The molecule has 1 unspecified atom stereocenters. The van der Waals surface area contributed by atoms with Crippen molar-refractivity contribution in [3.63, 3.8) is 0 Å². The molecule has 1 aromatic rings. The second-order valence-corrected chi connectivity index (χ2v) is 2.88. The molecule has 1 rings (SSSR count). The van der Waals surface area contributed by atoms with Gasteiger partial charge in [-0.05, 0) is 23.8 Å². The summed E-state index contributed by atoms with van der Waals surface area (Å²) < 4.78 is 5.12. The van der Waals surface area contributed by atoms with Crippen molar-refractivity contribution < 1.29 is 9.52 Å². The molecule has 2 nitrogen and oxygen atoms in total. The lowest BCUT2D eigenvalue weighted by Gasteiger charge is -2.07. The van der Waals surface area contributed by atoms with Crippen LogP contribution in [-0.4, -0.2) is 17.5 Å². The van der Waals surface area contributed by atoms with Crippen LogP contribution in [0, 0.1) is 5.92 Å². The van der Waals surface area contributed by atoms with E-state index >= 15 is 0 Å². The van der Waals surface area contributed by atoms with Gasteiger partial charge in [0.2, 0.25) is 0 Å². The number of aliphatic hydroxyl groups excluding tert-OH is 1. The Balaban J connectivity index is 2.41. The van der Waals surface area contributed by atoms with Crippen molar-refractivity contribution in [2.45, 2.75) is 6.42 Å². The maximum atomic E-state index is 8.83. The van der Waals surface area contributed by atoms with Crippen LogP contribution in [-0.2, 0) is 6.42 Å². The molecule has 0 saturated heterocycles. The zero-order valence-corrected chi connectivity index (χ0v) is 7.13. The van der Waals surface area contributed by atoms with E-state index < -0.39 is 0 Å². The second kappa shape index (κ2) is 4.46. The van der Waals surface area contributed by atoms with Crippen molar-refractivity contribution >= 4 is 12.6 Å². The summed E-state index contributed by atoms with van der Waals surface area (Å²) in [6.07, 6.45) is 2.41. The van der Waals surface area contributed by atoms with E-state index in [9.17, 15) is 0 Å². The van der Waals surface area contributed by atoms with E-state index in [2.05, 4.69) is 12.6 Å². The van der Waals surface area contributed by atoms with Crippen molar-refractivity contribution in [2.75, 3.05) is 12.4 Å². The van der Waals surface area contributed by atoms with Crippen LogP contribution in [0.15, 0.2) is 22.8 Å². The number of aliphatic hydroxyl groups is 1. The fraction of sp³-hybridized carbons (Fsp3) is 0.500. The lowest BCUT2D eigenvalue weighted by Crippen LogP contribution is -2.10. The highest BCUT2D eigenvalue weighted by Gasteiger charge is 2.07. The van der Waals surface area contributed by atoms with Gasteiger partial charge in [-0.15, -0.1) is 0 Å². The highest BCUT2D eigenvalue weighted by atomic mass is 32.1. The van der Waals surface area contributed by atoms with Gasteiger partial charge in [-0.2, -0.15) is 12.6 Å². The molecule has 0 aliphatic heterocycles. The van der Waals surface area contributed by atoms with Crippen molar-refractivity contribution in [3.05, 3.63) is 24.2 Å². The van der Waals surface area contributed by atoms with Crippen LogP contribution in [0.5, 0.6) is 0 Å². The largest absolute Gasteiger partial charge is 0.469 e. The van der Waals surface area contributed by atoms with Crippen LogP contribution in [0.1, 0.15) is 5.76 Å². The molecule has 0 aliphatic rings. The number of hydrogen-bond acceptors (Lipinski definition) is 3. The summed E-state index contributed by atoms with van der Waals surface area (Å²) in [7, 11) is 0. The van der Waals surface area contributed by atoms with Crippen LogP contribution < -0.4 is 0 Å². The van der Waals surface area contributed by atoms with Crippen molar-refractivity contribution in [1.82, 2.24) is 0 Å². The highest BCUT2D eigenvalue weighted by molar-refractivity contribution is 7.80. The van der Waals surface area contributed by atoms with Crippen LogP contribution in [0.3, 0.4) is 0 Å². The van der Waals surface area contributed by atoms with Gasteiger partial charge < -0.3 is 9.52 Å². The molecule has 11 heavy (non-hydrogen) atoms. The van der Waals surface area contributed by atoms with Crippen molar-refractivity contribution in [1.29, 1.82) is 0 Å². The first-order valence-corrected chi connectivity index (χ1v) is 4.24. The fourth-order valence-electron chi connectivity index (χ4n) is 0.900. The SMILES string of the molecule is OCC(CS)Cc1ccco1. The molecule has 3 heteroatoms. The normalized spacial score (nSPS) is 13.3. The average molecular weight is 172 g/mol. The van der Waals surface area contributed by atoms with Gasteiger partial charge >= 0.3 is 0 Å². The summed E-state index contributed by atoms with van der Waals surface area (Å²) in [5, 5.41) is 8.83. The second-order valence-electron chi connectivity index (χ2n) is 2.51. The first-order valence-electron chi connectivity index (χ1n) is 3.61. The van der Waals surface area contributed by atoms with Crippen molar-refractivity contribution in [3.8, 4) is 0 Å². The van der Waals surface area contributed by atoms with E-state index in [1.807, 2.05) is 12.1 Å². The van der Waals surface area contributed by atoms with Crippen LogP contribution in [0.2, 0.25) is 0 Å². The van der Waals surface area contributed by atoms with E-state index in [1.54, 1.807) is 6.26 Å². The lowest BCUT2D eigenvalue weighted by molar-refractivity contribution is 0.234. The molecule has 0 saturated carbocycles. The smallest absolute Gasteiger partial charge is 0.104 e. The molecule has 0 aromatic carbocycles. The third kappa shape index (κ3) is 2.60. The Labute approximate surface area is 71.6 Å². The molecule has 1 aromatic heterocycles. The number of rotatable bonds is 4. The number of thiol groups is 1. The molecule has 62 valence electrons. The first-order chi connectivity index (χ1) is 5.36. The van der Waals surface area contributed by atoms with Gasteiger partial charge in [0.25, 0.3) is 0 Å². The number of hydrogen-bond donors (Lipinski definition) is 2. The van der Waals surface area contributed by atoms with Gasteiger partial charge in [0.1, 0.15) is 5.76 Å². The molecule has 1 atom stereocenters. The van der Waals surface area contributed by atoms with Crippen LogP contribution in [0.4, 0.5) is 0 Å². The minimum atomic E-state index is 0.171. The first kappa shape index (κ1) is 8.68. The molecule has 0 bridgehead atoms. The average Bonchev–Trinajstić information content (AvgIpc) is 2.52. The Morgan fingerprint density at radius 2 is 2.45 bits per heavy atom. The summed E-state index contributed by atoms with van der Waals surface area (Å²) in [5.41, 5.74) is 0. The van der Waals surface area contributed by atoms with Crippen LogP contribution in [0.25, 0.3) is 0 Å². The molecule has 0 amide bonds. The standard InChI is InChI=1S/C8H12O2S/c9-5-7(6-11)4-8-2-1-3-10-8/h1-3,7,9,11H,4-6H2. The Morgan fingerprint density at radius 1 is 1.64 bits per heavy atom. The van der Waals surface area contributed by atoms with Gasteiger partial charge in [0.15, 0.2) is 0 Å². The maximum Gasteiger partial charge on any atom is 0.104 e. The monoisotopic (exact) mass is 172 g/mol. The zero-order valence-electron chi connectivity index (χ0n) is 6.23. The quantitative estimate of drug-likeness (QED) is 0.672. The molecule has 0 aliphatic carbocycles. The summed E-state index contributed by atoms with van der Waals surface area (Å²) in [6, 6.07) is 3.76. The number of furan rings is 1. The summed E-state index contributed by atoms with van der Waals surface area (Å²) in [5.74, 6) is 1.82. The molecule has 0 fully saturated rings. The minimum absolute atomic E-state index is 0.171. The Morgan fingerprint density at radius 3 is 2.91 bits per heavy atom. The molecule has 0 spiro atoms. The van der Waals surface area contributed by atoms with E-state index in [-0.39, 0.29) is 12.5 Å². The summed E-state index contributed by atoms with van der Waals surface area (Å²) >= 11 is 4.11. The molecule has 0 radical (unpaired) electrons. The maximum absolute atomic E-state index is 8.83. The van der Waals surface area contributed by atoms with Gasteiger partial charge in [-0.3, -0.25) is 0 Å². The van der Waals surface area contributed by atoms with E-state index in [4.69, 9.17) is 9.52 Å².